The van der Waals surface area contributed by atoms with Crippen LogP contribution in [-0.4, -0.2) is 45.8 Å². The number of rotatable bonds is 3. The molecule has 0 amide bonds. The van der Waals surface area contributed by atoms with E-state index in [1.165, 1.54) is 0 Å². The van der Waals surface area contributed by atoms with E-state index in [1.807, 2.05) is 37.5 Å². The fourth-order valence-corrected chi connectivity index (χ4v) is 3.68. The Kier molecular flexibility index (Phi) is 6.81. The highest BCUT2D eigenvalue weighted by Gasteiger charge is 2.17. The standard InChI is InChI=1S/C21H19N7O.2ClH/c1-14-24-12-19(29-14)16-8-18(21-17(9-22)11-26-28(21)13-16)15-2-3-20(25-10-15)27-6-4-23-5-7-27;;/h2-3,8,10-13,23H,4-7H2,1H3;2*1H. The molecule has 1 N–H and O–H groups in total. The van der Waals surface area contributed by atoms with E-state index in [9.17, 15) is 5.26 Å². The summed E-state index contributed by atoms with van der Waals surface area (Å²) in [5.41, 5.74) is 3.91. The number of halogens is 2. The van der Waals surface area contributed by atoms with Crippen molar-refractivity contribution in [2.24, 2.45) is 0 Å². The average molecular weight is 458 g/mol. The predicted molar refractivity (Wildman–Crippen MR) is 123 cm³/mol. The van der Waals surface area contributed by atoms with Crippen LogP contribution in [0.5, 0.6) is 0 Å². The van der Waals surface area contributed by atoms with Crippen LogP contribution in [0.15, 0.2) is 47.4 Å². The van der Waals surface area contributed by atoms with E-state index in [-0.39, 0.29) is 24.8 Å². The highest BCUT2D eigenvalue weighted by Crippen LogP contribution is 2.32. The molecule has 0 aliphatic carbocycles. The van der Waals surface area contributed by atoms with E-state index in [4.69, 9.17) is 4.42 Å². The average Bonchev–Trinajstić information content (AvgIpc) is 3.40. The molecule has 1 aliphatic heterocycles. The minimum absolute atomic E-state index is 0. The molecule has 0 bridgehead atoms. The van der Waals surface area contributed by atoms with Gasteiger partial charge in [-0.05, 0) is 18.2 Å². The Balaban J connectivity index is 0.00000136. The summed E-state index contributed by atoms with van der Waals surface area (Å²) >= 11 is 0. The van der Waals surface area contributed by atoms with Crippen LogP contribution in [0, 0.1) is 18.3 Å². The normalized spacial score (nSPS) is 13.4. The summed E-state index contributed by atoms with van der Waals surface area (Å²) in [6.45, 7) is 5.62. The number of hydrogen-bond acceptors (Lipinski definition) is 7. The van der Waals surface area contributed by atoms with Crippen molar-refractivity contribution in [2.75, 3.05) is 31.1 Å². The third-order valence-corrected chi connectivity index (χ3v) is 5.14. The van der Waals surface area contributed by atoms with Crippen LogP contribution in [0.1, 0.15) is 11.5 Å². The summed E-state index contributed by atoms with van der Waals surface area (Å²) in [5, 5.41) is 17.2. The van der Waals surface area contributed by atoms with Gasteiger partial charge in [0.15, 0.2) is 11.7 Å². The molecule has 1 saturated heterocycles. The summed E-state index contributed by atoms with van der Waals surface area (Å²) < 4.78 is 7.41. The maximum Gasteiger partial charge on any atom is 0.191 e. The SMILES string of the molecule is Cc1ncc(-c2cc(-c3ccc(N4CCNCC4)nc3)c3c(C#N)cnn3c2)o1.Cl.Cl. The number of fused-ring (bicyclic) bond motifs is 1. The molecule has 0 unspecified atom stereocenters. The number of nitrogens with zero attached hydrogens (tertiary/aromatic N) is 6. The largest absolute Gasteiger partial charge is 0.441 e. The van der Waals surface area contributed by atoms with Crippen LogP contribution in [0.2, 0.25) is 0 Å². The molecular formula is C21H21Cl2N7O. The molecule has 4 aromatic heterocycles. The fourth-order valence-electron chi connectivity index (χ4n) is 3.68. The predicted octanol–water partition coefficient (Wildman–Crippen LogP) is 3.48. The molecular weight excluding hydrogens is 437 g/mol. The zero-order valence-electron chi connectivity index (χ0n) is 16.8. The van der Waals surface area contributed by atoms with Crippen molar-refractivity contribution in [3.8, 4) is 28.5 Å². The molecule has 0 radical (unpaired) electrons. The Bertz CT molecular complexity index is 1220. The lowest BCUT2D eigenvalue weighted by Crippen LogP contribution is -2.43. The van der Waals surface area contributed by atoms with E-state index in [0.29, 0.717) is 17.2 Å². The first-order valence-corrected chi connectivity index (χ1v) is 9.49. The first-order chi connectivity index (χ1) is 14.2. The van der Waals surface area contributed by atoms with E-state index >= 15 is 0 Å². The Hall–Kier alpha value is -3.12. The van der Waals surface area contributed by atoms with Gasteiger partial charge in [0.05, 0.1) is 23.5 Å². The Morgan fingerprint density at radius 1 is 1.06 bits per heavy atom. The van der Waals surface area contributed by atoms with Crippen LogP contribution in [0.3, 0.4) is 0 Å². The minimum atomic E-state index is 0. The van der Waals surface area contributed by atoms with Gasteiger partial charge in [0.1, 0.15) is 11.9 Å². The number of nitriles is 1. The summed E-state index contributed by atoms with van der Waals surface area (Å²) in [7, 11) is 0. The number of aryl methyl sites for hydroxylation is 1. The second kappa shape index (κ2) is 9.35. The van der Waals surface area contributed by atoms with Crippen molar-refractivity contribution >= 4 is 36.1 Å². The van der Waals surface area contributed by atoms with Gasteiger partial charge in [-0.2, -0.15) is 10.4 Å². The first kappa shape index (κ1) is 22.6. The summed E-state index contributed by atoms with van der Waals surface area (Å²) in [4.78, 5) is 11.1. The Morgan fingerprint density at radius 2 is 1.87 bits per heavy atom. The molecule has 5 rings (SSSR count). The quantitative estimate of drug-likeness (QED) is 0.502. The maximum atomic E-state index is 9.54. The van der Waals surface area contributed by atoms with Crippen molar-refractivity contribution in [3.63, 3.8) is 0 Å². The molecule has 0 atom stereocenters. The lowest BCUT2D eigenvalue weighted by atomic mass is 10.0. The smallest absolute Gasteiger partial charge is 0.191 e. The van der Waals surface area contributed by atoms with Crippen LogP contribution in [0.25, 0.3) is 28.0 Å². The van der Waals surface area contributed by atoms with Gasteiger partial charge >= 0.3 is 0 Å². The van der Waals surface area contributed by atoms with Crippen LogP contribution in [-0.2, 0) is 0 Å². The third-order valence-electron chi connectivity index (χ3n) is 5.14. The van der Waals surface area contributed by atoms with Crippen molar-refractivity contribution in [2.45, 2.75) is 6.92 Å². The molecule has 0 aromatic carbocycles. The fraction of sp³-hybridized carbons (Fsp3) is 0.238. The molecule has 8 nitrogen and oxygen atoms in total. The van der Waals surface area contributed by atoms with Gasteiger partial charge in [-0.25, -0.2) is 14.5 Å². The zero-order valence-corrected chi connectivity index (χ0v) is 18.4. The van der Waals surface area contributed by atoms with Crippen LogP contribution >= 0.6 is 24.8 Å². The first-order valence-electron chi connectivity index (χ1n) is 9.49. The van der Waals surface area contributed by atoms with Crippen molar-refractivity contribution in [1.82, 2.24) is 24.9 Å². The van der Waals surface area contributed by atoms with E-state index in [2.05, 4.69) is 31.4 Å². The molecule has 10 heteroatoms. The number of nitrogens with one attached hydrogen (secondary N) is 1. The third kappa shape index (κ3) is 4.21. The molecule has 0 saturated carbocycles. The second-order valence-electron chi connectivity index (χ2n) is 6.99. The Labute approximate surface area is 191 Å². The van der Waals surface area contributed by atoms with Crippen LogP contribution < -0.4 is 10.2 Å². The molecule has 0 spiro atoms. The number of piperazine rings is 1. The van der Waals surface area contributed by atoms with Crippen LogP contribution in [0.4, 0.5) is 5.82 Å². The van der Waals surface area contributed by atoms with Crippen molar-refractivity contribution in [1.29, 1.82) is 5.26 Å². The number of aromatic nitrogens is 4. The molecule has 1 aliphatic rings. The van der Waals surface area contributed by atoms with Crippen molar-refractivity contribution < 1.29 is 4.42 Å². The molecule has 1 fully saturated rings. The lowest BCUT2D eigenvalue weighted by Gasteiger charge is -2.28. The highest BCUT2D eigenvalue weighted by atomic mass is 35.5. The topological polar surface area (TPSA) is 95.3 Å². The summed E-state index contributed by atoms with van der Waals surface area (Å²) in [5.74, 6) is 2.22. The lowest BCUT2D eigenvalue weighted by molar-refractivity contribution is 0.534. The highest BCUT2D eigenvalue weighted by molar-refractivity contribution is 5.87. The molecule has 5 heterocycles. The van der Waals surface area contributed by atoms with E-state index < -0.39 is 0 Å². The minimum Gasteiger partial charge on any atom is -0.441 e. The van der Waals surface area contributed by atoms with Gasteiger partial charge in [0.25, 0.3) is 0 Å². The number of oxazole rings is 1. The second-order valence-corrected chi connectivity index (χ2v) is 6.99. The van der Waals surface area contributed by atoms with Gasteiger partial charge < -0.3 is 14.6 Å². The number of hydrogen-bond donors (Lipinski definition) is 1. The summed E-state index contributed by atoms with van der Waals surface area (Å²) in [6, 6.07) is 8.31. The Morgan fingerprint density at radius 3 is 2.52 bits per heavy atom. The number of anilines is 1. The van der Waals surface area contributed by atoms with Crippen molar-refractivity contribution in [3.05, 3.63) is 54.4 Å². The monoisotopic (exact) mass is 457 g/mol. The maximum absolute atomic E-state index is 9.54. The van der Waals surface area contributed by atoms with E-state index in [0.717, 1.165) is 54.2 Å². The van der Waals surface area contributed by atoms with Gasteiger partial charge in [-0.15, -0.1) is 24.8 Å². The van der Waals surface area contributed by atoms with E-state index in [1.54, 1.807) is 16.9 Å². The number of pyridine rings is 2. The van der Waals surface area contributed by atoms with Gasteiger partial charge in [-0.1, -0.05) is 0 Å². The van der Waals surface area contributed by atoms with Gasteiger partial charge in [0, 0.05) is 62.2 Å². The summed E-state index contributed by atoms with van der Waals surface area (Å²) in [6.07, 6.45) is 6.98. The molecule has 160 valence electrons. The molecule has 4 aromatic rings. The van der Waals surface area contributed by atoms with Gasteiger partial charge in [0.2, 0.25) is 0 Å². The molecule has 31 heavy (non-hydrogen) atoms. The van der Waals surface area contributed by atoms with Gasteiger partial charge in [-0.3, -0.25) is 0 Å². The zero-order chi connectivity index (χ0) is 19.8.